The maximum Gasteiger partial charge on any atom is 0.325 e. The molecule has 1 saturated carbocycles. The van der Waals surface area contributed by atoms with Crippen LogP contribution in [0, 0.1) is 11.7 Å². The summed E-state index contributed by atoms with van der Waals surface area (Å²) in [6, 6.07) is 5.80. The van der Waals surface area contributed by atoms with Gasteiger partial charge in [0.15, 0.2) is 0 Å². The lowest BCUT2D eigenvalue weighted by molar-refractivity contribution is -0.140. The van der Waals surface area contributed by atoms with Gasteiger partial charge in [0.05, 0.1) is 0 Å². The quantitative estimate of drug-likeness (QED) is 0.689. The predicted molar refractivity (Wildman–Crippen MR) is 111 cm³/mol. The number of nitrogens with one attached hydrogen (secondary N) is 1. The first-order valence-electron chi connectivity index (χ1n) is 10.5. The average Bonchev–Trinajstić information content (AvgIpc) is 2.93. The Bertz CT molecular complexity index is 805. The summed E-state index contributed by atoms with van der Waals surface area (Å²) in [5, 5.41) is 2.84. The van der Waals surface area contributed by atoms with E-state index in [-0.39, 0.29) is 30.7 Å². The number of carbonyl (C=O) groups is 3. The van der Waals surface area contributed by atoms with E-state index in [1.807, 2.05) is 19.0 Å². The molecule has 1 aromatic rings. The molecule has 1 aliphatic carbocycles. The summed E-state index contributed by atoms with van der Waals surface area (Å²) < 4.78 is 14.1. The SMILES string of the molecule is CC1CCC2(CC1)NC(=O)N(CC(=O)N(CCN(C)C)Cc1ccccc1F)C2=O. The molecule has 4 amide bonds. The number of halogens is 1. The zero-order valence-electron chi connectivity index (χ0n) is 18.0. The lowest BCUT2D eigenvalue weighted by atomic mass is 9.77. The van der Waals surface area contributed by atoms with Gasteiger partial charge in [0.25, 0.3) is 5.91 Å². The normalized spacial score (nSPS) is 23.9. The third kappa shape index (κ3) is 4.80. The Hall–Kier alpha value is -2.48. The number of amides is 4. The third-order valence-corrected chi connectivity index (χ3v) is 6.16. The number of urea groups is 1. The van der Waals surface area contributed by atoms with Gasteiger partial charge in [0.1, 0.15) is 17.9 Å². The molecule has 0 unspecified atom stereocenters. The summed E-state index contributed by atoms with van der Waals surface area (Å²) in [7, 11) is 3.77. The van der Waals surface area contributed by atoms with Crippen LogP contribution in [0.2, 0.25) is 0 Å². The van der Waals surface area contributed by atoms with Crippen LogP contribution >= 0.6 is 0 Å². The highest BCUT2D eigenvalue weighted by Gasteiger charge is 2.52. The molecule has 0 aromatic heterocycles. The lowest BCUT2D eigenvalue weighted by Gasteiger charge is -2.33. The minimum absolute atomic E-state index is 0.0889. The van der Waals surface area contributed by atoms with Crippen molar-refractivity contribution >= 4 is 17.8 Å². The van der Waals surface area contributed by atoms with Crippen LogP contribution < -0.4 is 5.32 Å². The van der Waals surface area contributed by atoms with E-state index >= 15 is 0 Å². The maximum atomic E-state index is 14.1. The van der Waals surface area contributed by atoms with Gasteiger partial charge in [-0.15, -0.1) is 0 Å². The average molecular weight is 419 g/mol. The monoisotopic (exact) mass is 418 g/mol. The Morgan fingerprint density at radius 3 is 2.50 bits per heavy atom. The minimum Gasteiger partial charge on any atom is -0.335 e. The summed E-state index contributed by atoms with van der Waals surface area (Å²) in [6.07, 6.45) is 2.94. The molecule has 7 nitrogen and oxygen atoms in total. The van der Waals surface area contributed by atoms with Crippen LogP contribution in [0.15, 0.2) is 24.3 Å². The zero-order valence-corrected chi connectivity index (χ0v) is 18.0. The van der Waals surface area contributed by atoms with E-state index in [2.05, 4.69) is 12.2 Å². The highest BCUT2D eigenvalue weighted by molar-refractivity contribution is 6.09. The minimum atomic E-state index is -0.871. The van der Waals surface area contributed by atoms with Crippen LogP contribution in [0.3, 0.4) is 0 Å². The largest absolute Gasteiger partial charge is 0.335 e. The van der Waals surface area contributed by atoms with Crippen molar-refractivity contribution in [2.24, 2.45) is 5.92 Å². The van der Waals surface area contributed by atoms with E-state index in [0.29, 0.717) is 37.4 Å². The van der Waals surface area contributed by atoms with Gasteiger partial charge in [-0.3, -0.25) is 14.5 Å². The smallest absolute Gasteiger partial charge is 0.325 e. The number of carbonyl (C=O) groups excluding carboxylic acids is 3. The molecule has 1 N–H and O–H groups in total. The highest BCUT2D eigenvalue weighted by atomic mass is 19.1. The van der Waals surface area contributed by atoms with Crippen molar-refractivity contribution in [1.29, 1.82) is 0 Å². The topological polar surface area (TPSA) is 73.0 Å². The molecule has 3 rings (SSSR count). The molecule has 0 atom stereocenters. The Morgan fingerprint density at radius 1 is 1.20 bits per heavy atom. The Kier molecular flexibility index (Phi) is 6.75. The van der Waals surface area contributed by atoms with Crippen molar-refractivity contribution in [2.75, 3.05) is 33.7 Å². The van der Waals surface area contributed by atoms with Crippen molar-refractivity contribution in [1.82, 2.24) is 20.0 Å². The van der Waals surface area contributed by atoms with E-state index in [9.17, 15) is 18.8 Å². The molecular weight excluding hydrogens is 387 g/mol. The first-order chi connectivity index (χ1) is 14.2. The fraction of sp³-hybridized carbons (Fsp3) is 0.591. The van der Waals surface area contributed by atoms with Crippen LogP contribution in [0.25, 0.3) is 0 Å². The highest BCUT2D eigenvalue weighted by Crippen LogP contribution is 2.36. The van der Waals surface area contributed by atoms with Gasteiger partial charge < -0.3 is 15.1 Å². The van der Waals surface area contributed by atoms with Gasteiger partial charge in [-0.25, -0.2) is 9.18 Å². The standard InChI is InChI=1S/C22H31FN4O3/c1-16-8-10-22(11-9-16)20(29)27(21(30)24-22)15-19(28)26(13-12-25(2)3)14-17-6-4-5-7-18(17)23/h4-7,16H,8-15H2,1-3H3,(H,24,30). The van der Waals surface area contributed by atoms with E-state index in [4.69, 9.17) is 0 Å². The van der Waals surface area contributed by atoms with Crippen molar-refractivity contribution in [2.45, 2.75) is 44.7 Å². The first-order valence-corrected chi connectivity index (χ1v) is 10.5. The number of imide groups is 1. The van der Waals surface area contributed by atoms with Crippen molar-refractivity contribution in [3.63, 3.8) is 0 Å². The number of hydrogen-bond acceptors (Lipinski definition) is 4. The Morgan fingerprint density at radius 2 is 1.87 bits per heavy atom. The van der Waals surface area contributed by atoms with Gasteiger partial charge >= 0.3 is 6.03 Å². The number of rotatable bonds is 7. The second-order valence-electron chi connectivity index (χ2n) is 8.80. The maximum absolute atomic E-state index is 14.1. The summed E-state index contributed by atoms with van der Waals surface area (Å²) in [5.41, 5.74) is -0.469. The van der Waals surface area contributed by atoms with Crippen molar-refractivity contribution in [3.8, 4) is 0 Å². The number of nitrogens with zero attached hydrogens (tertiary/aromatic N) is 3. The van der Waals surface area contributed by atoms with Gasteiger partial charge in [0.2, 0.25) is 5.91 Å². The van der Waals surface area contributed by atoms with E-state index in [0.717, 1.165) is 17.7 Å². The fourth-order valence-electron chi connectivity index (χ4n) is 4.09. The molecule has 1 aromatic carbocycles. The molecular formula is C22H31FN4O3. The summed E-state index contributed by atoms with van der Waals surface area (Å²) in [5.74, 6) is -0.542. The number of likely N-dealkylation sites (N-methyl/N-ethyl adjacent to an activating group) is 1. The van der Waals surface area contributed by atoms with Gasteiger partial charge in [-0.2, -0.15) is 0 Å². The molecule has 1 spiro atoms. The second kappa shape index (κ2) is 9.12. The van der Waals surface area contributed by atoms with Crippen LogP contribution in [0.1, 0.15) is 38.2 Å². The van der Waals surface area contributed by atoms with E-state index in [1.165, 1.54) is 11.0 Å². The second-order valence-corrected chi connectivity index (χ2v) is 8.80. The Balaban J connectivity index is 1.72. The van der Waals surface area contributed by atoms with Crippen LogP contribution in [0.5, 0.6) is 0 Å². The first kappa shape index (κ1) is 22.2. The third-order valence-electron chi connectivity index (χ3n) is 6.16. The number of hydrogen-bond donors (Lipinski definition) is 1. The Labute approximate surface area is 177 Å². The molecule has 1 saturated heterocycles. The van der Waals surface area contributed by atoms with Crippen LogP contribution in [0.4, 0.5) is 9.18 Å². The molecule has 0 bridgehead atoms. The van der Waals surface area contributed by atoms with Gasteiger partial charge in [-0.05, 0) is 51.8 Å². The van der Waals surface area contributed by atoms with Gasteiger partial charge in [-0.1, -0.05) is 25.1 Å². The molecule has 0 radical (unpaired) electrons. The summed E-state index contributed by atoms with van der Waals surface area (Å²) in [4.78, 5) is 43.1. The molecule has 8 heteroatoms. The van der Waals surface area contributed by atoms with E-state index in [1.54, 1.807) is 18.2 Å². The van der Waals surface area contributed by atoms with E-state index < -0.39 is 11.6 Å². The molecule has 1 aliphatic heterocycles. The summed E-state index contributed by atoms with van der Waals surface area (Å²) >= 11 is 0. The zero-order chi connectivity index (χ0) is 21.9. The van der Waals surface area contributed by atoms with Crippen LogP contribution in [-0.2, 0) is 16.1 Å². The molecule has 2 fully saturated rings. The predicted octanol–water partition coefficient (Wildman–Crippen LogP) is 2.22. The molecule has 30 heavy (non-hydrogen) atoms. The van der Waals surface area contributed by atoms with Crippen molar-refractivity contribution < 1.29 is 18.8 Å². The molecule has 1 heterocycles. The molecule has 2 aliphatic rings. The molecule has 164 valence electrons. The summed E-state index contributed by atoms with van der Waals surface area (Å²) in [6.45, 7) is 2.85. The fourth-order valence-corrected chi connectivity index (χ4v) is 4.09. The van der Waals surface area contributed by atoms with Crippen LogP contribution in [-0.4, -0.2) is 71.8 Å². The van der Waals surface area contributed by atoms with Gasteiger partial charge in [0, 0.05) is 25.2 Å². The van der Waals surface area contributed by atoms with Crippen molar-refractivity contribution in [3.05, 3.63) is 35.6 Å². The lowest BCUT2D eigenvalue weighted by Crippen LogP contribution is -2.50. The number of benzene rings is 1.